The topological polar surface area (TPSA) is 89.3 Å². The third-order valence-corrected chi connectivity index (χ3v) is 1.29. The number of carboxylic acids is 1. The van der Waals surface area contributed by atoms with Gasteiger partial charge in [-0.2, -0.15) is 0 Å². The first-order valence-electron chi connectivity index (χ1n) is 3.37. The Hall–Kier alpha value is -0.610. The smallest absolute Gasteiger partial charge is 0.320 e. The SMILES string of the molecule is N[13C@@H]([13CH2][13CH2][13CH2][13CH2][15NH2])[13C](=O)O. The Morgan fingerprint density at radius 1 is 1.50 bits per heavy atom. The number of hydrogen-bond donors (Lipinski definition) is 3. The molecule has 0 saturated carbocycles. The molecule has 4 nitrogen and oxygen atoms in total. The van der Waals surface area contributed by atoms with Crippen molar-refractivity contribution in [3.05, 3.63) is 0 Å². The van der Waals surface area contributed by atoms with E-state index in [1.54, 1.807) is 0 Å². The lowest BCUT2D eigenvalue weighted by molar-refractivity contribution is -0.138. The van der Waals surface area contributed by atoms with Crippen LogP contribution < -0.4 is 11.5 Å². The van der Waals surface area contributed by atoms with E-state index in [2.05, 4.69) is 0 Å². The Balaban J connectivity index is 3.21. The molecule has 60 valence electrons. The highest BCUT2D eigenvalue weighted by Gasteiger charge is 2.09. The maximum Gasteiger partial charge on any atom is 0.320 e. The van der Waals surface area contributed by atoms with Gasteiger partial charge in [-0.25, -0.2) is 0 Å². The molecule has 0 aromatic rings. The highest BCUT2D eigenvalue weighted by Crippen LogP contribution is 1.96. The summed E-state index contributed by atoms with van der Waals surface area (Å²) in [5.74, 6) is -0.933. The maximum absolute atomic E-state index is 10.1. The predicted octanol–water partition coefficient (Wildman–Crippen LogP) is -0.473. The van der Waals surface area contributed by atoms with Crippen LogP contribution in [0.3, 0.4) is 0 Å². The van der Waals surface area contributed by atoms with Crippen LogP contribution in [0, 0.1) is 0 Å². The quantitative estimate of drug-likeness (QED) is 0.283. The molecule has 0 aromatic heterocycles. The van der Waals surface area contributed by atoms with E-state index in [4.69, 9.17) is 16.6 Å². The monoisotopic (exact) mass is 153 g/mol. The molecule has 0 aliphatic rings. The molecule has 0 radical (unpaired) electrons. The van der Waals surface area contributed by atoms with E-state index >= 15 is 0 Å². The summed E-state index contributed by atoms with van der Waals surface area (Å²) in [4.78, 5) is 10.1. The van der Waals surface area contributed by atoms with Gasteiger partial charge in [0, 0.05) is 0 Å². The minimum Gasteiger partial charge on any atom is -0.480 e. The summed E-state index contributed by atoms with van der Waals surface area (Å²) in [6.07, 6.45) is 2.16. The Morgan fingerprint density at radius 3 is 2.50 bits per heavy atom. The molecule has 0 rings (SSSR count). The lowest BCUT2D eigenvalue weighted by atomic mass is 11.1. The van der Waals surface area contributed by atoms with E-state index in [0.717, 1.165) is 12.8 Å². The van der Waals surface area contributed by atoms with Crippen molar-refractivity contribution in [2.75, 3.05) is 6.54 Å². The first kappa shape index (κ1) is 9.39. The minimum atomic E-state index is -0.933. The number of hydrogen-bond acceptors (Lipinski definition) is 3. The molecule has 0 saturated heterocycles. The fraction of sp³-hybridized carbons (Fsp3) is 0.833. The zero-order valence-electron chi connectivity index (χ0n) is 5.92. The number of carboxylic acid groups (broad SMARTS) is 1. The Labute approximate surface area is 60.2 Å². The summed E-state index contributed by atoms with van der Waals surface area (Å²) < 4.78 is 0. The van der Waals surface area contributed by atoms with Gasteiger partial charge in [-0.15, -0.1) is 0 Å². The van der Waals surface area contributed by atoms with Gasteiger partial charge in [0.2, 0.25) is 0 Å². The Morgan fingerprint density at radius 2 is 2.10 bits per heavy atom. The number of unbranched alkanes of at least 4 members (excludes halogenated alkanes) is 1. The van der Waals surface area contributed by atoms with E-state index in [1.165, 1.54) is 0 Å². The second-order valence-corrected chi connectivity index (χ2v) is 2.23. The predicted molar refractivity (Wildman–Crippen MR) is 38.5 cm³/mol. The lowest BCUT2D eigenvalue weighted by Crippen LogP contribution is -2.29. The molecule has 1 atom stereocenters. The number of nitrogens with two attached hydrogens (primary N) is 2. The van der Waals surface area contributed by atoms with Gasteiger partial charge in [0.05, 0.1) is 0 Å². The van der Waals surface area contributed by atoms with Gasteiger partial charge in [-0.1, -0.05) is 6.42 Å². The van der Waals surface area contributed by atoms with Crippen LogP contribution in [0.15, 0.2) is 0 Å². The summed E-state index contributed by atoms with van der Waals surface area (Å²) in [7, 11) is 0. The Bertz CT molecular complexity index is 106. The van der Waals surface area contributed by atoms with Crippen LogP contribution in [-0.2, 0) is 4.79 Å². The van der Waals surface area contributed by atoms with E-state index in [1.807, 2.05) is 0 Å². The molecule has 0 bridgehead atoms. The first-order valence-corrected chi connectivity index (χ1v) is 3.37. The van der Waals surface area contributed by atoms with Crippen LogP contribution >= 0.6 is 0 Å². The molecule has 0 fully saturated rings. The summed E-state index contributed by atoms with van der Waals surface area (Å²) in [5.41, 5.74) is 10.4. The van der Waals surface area contributed by atoms with Crippen molar-refractivity contribution in [2.24, 2.45) is 11.5 Å². The summed E-state index contributed by atoms with van der Waals surface area (Å²) in [5, 5.41) is 8.33. The molecule has 10 heavy (non-hydrogen) atoms. The van der Waals surface area contributed by atoms with Gasteiger partial charge in [0.25, 0.3) is 0 Å². The minimum absolute atomic E-state index is 0.520. The van der Waals surface area contributed by atoms with Crippen LogP contribution in [0.2, 0.25) is 0 Å². The Kier molecular flexibility index (Phi) is 4.88. The molecule has 0 unspecified atom stereocenters. The molecule has 0 amide bonds. The normalized spacial score (nSPS) is 13.0. The zero-order valence-corrected chi connectivity index (χ0v) is 5.92. The van der Waals surface area contributed by atoms with E-state index in [-0.39, 0.29) is 0 Å². The highest BCUT2D eigenvalue weighted by atomic mass is 16.5. The van der Waals surface area contributed by atoms with E-state index in [9.17, 15) is 4.79 Å². The van der Waals surface area contributed by atoms with Gasteiger partial charge < -0.3 is 16.6 Å². The largest absolute Gasteiger partial charge is 0.480 e. The summed E-state index contributed by atoms with van der Waals surface area (Å²) in [6, 6.07) is -0.716. The van der Waals surface area contributed by atoms with Crippen molar-refractivity contribution in [3.8, 4) is 0 Å². The van der Waals surface area contributed by atoms with Crippen LogP contribution in [0.1, 0.15) is 19.3 Å². The molecule has 0 spiro atoms. The summed E-state index contributed by atoms with van der Waals surface area (Å²) >= 11 is 0. The number of rotatable bonds is 5. The molecule has 4 heteroatoms. The number of aliphatic carboxylic acids is 1. The fourth-order valence-corrected chi connectivity index (χ4v) is 0.632. The van der Waals surface area contributed by atoms with Crippen molar-refractivity contribution in [1.82, 2.24) is 0 Å². The summed E-state index contributed by atoms with van der Waals surface area (Å²) in [6.45, 7) is 0.604. The molecule has 0 aliphatic heterocycles. The first-order chi connectivity index (χ1) is 4.68. The standard InChI is InChI=1S/C6H14N2O2/c7-4-2-1-3-5(8)6(9)10/h5H,1-4,7-8H2,(H,9,10)/t5-/m0/s1/i1+1,2+1,3+1,4+1,5+1,6+1,7+1. The average Bonchev–Trinajstić information content (AvgIpc) is 1.88. The molecular formula is C6H14N2O2. The van der Waals surface area contributed by atoms with Crippen LogP contribution in [-0.4, -0.2) is 23.7 Å². The van der Waals surface area contributed by atoms with Crippen molar-refractivity contribution < 1.29 is 9.90 Å². The average molecular weight is 153 g/mol. The third-order valence-electron chi connectivity index (χ3n) is 1.29. The van der Waals surface area contributed by atoms with Crippen molar-refractivity contribution in [3.63, 3.8) is 0 Å². The van der Waals surface area contributed by atoms with Gasteiger partial charge in [0.15, 0.2) is 0 Å². The van der Waals surface area contributed by atoms with Gasteiger partial charge >= 0.3 is 5.97 Å². The van der Waals surface area contributed by atoms with Gasteiger partial charge in [0.1, 0.15) is 6.04 Å². The molecule has 0 aliphatic carbocycles. The second-order valence-electron chi connectivity index (χ2n) is 2.23. The zero-order chi connectivity index (χ0) is 7.98. The van der Waals surface area contributed by atoms with E-state index < -0.39 is 12.0 Å². The molecule has 0 aromatic carbocycles. The van der Waals surface area contributed by atoms with Crippen LogP contribution in [0.4, 0.5) is 0 Å². The van der Waals surface area contributed by atoms with Crippen LogP contribution in [0.5, 0.6) is 0 Å². The molecule has 0 heterocycles. The second kappa shape index (κ2) is 5.20. The van der Waals surface area contributed by atoms with Crippen molar-refractivity contribution in [1.29, 1.82) is 0 Å². The van der Waals surface area contributed by atoms with Gasteiger partial charge in [-0.3, -0.25) is 4.79 Å². The number of carbonyl (C=O) groups is 1. The van der Waals surface area contributed by atoms with Crippen molar-refractivity contribution in [2.45, 2.75) is 25.3 Å². The van der Waals surface area contributed by atoms with Gasteiger partial charge in [-0.05, 0) is 19.4 Å². The third kappa shape index (κ3) is 4.29. The fourth-order valence-electron chi connectivity index (χ4n) is 0.632. The maximum atomic E-state index is 10.1. The lowest BCUT2D eigenvalue weighted by Gasteiger charge is -2.03. The van der Waals surface area contributed by atoms with E-state index in [0.29, 0.717) is 13.0 Å². The molecule has 5 N–H and O–H groups in total. The highest BCUT2D eigenvalue weighted by molar-refractivity contribution is 5.72. The van der Waals surface area contributed by atoms with Crippen LogP contribution in [0.25, 0.3) is 0 Å². The van der Waals surface area contributed by atoms with Crippen molar-refractivity contribution >= 4 is 5.97 Å². The molecular weight excluding hydrogens is 139 g/mol.